The van der Waals surface area contributed by atoms with Crippen LogP contribution in [0.4, 0.5) is 15.9 Å². The quantitative estimate of drug-likeness (QED) is 0.373. The summed E-state index contributed by atoms with van der Waals surface area (Å²) in [5.41, 5.74) is 8.91. The molecule has 2 N–H and O–H groups in total. The fraction of sp³-hybridized carbons (Fsp3) is 0.379. The summed E-state index contributed by atoms with van der Waals surface area (Å²) < 4.78 is 27.5. The second-order valence-corrected chi connectivity index (χ2v) is 10.5. The summed E-state index contributed by atoms with van der Waals surface area (Å²) in [7, 11) is 1.60. The highest BCUT2D eigenvalue weighted by atomic mass is 19.1. The number of nitrogens with zero attached hydrogens (tertiary/aromatic N) is 6. The maximum absolute atomic E-state index is 14.5. The second-order valence-electron chi connectivity index (χ2n) is 10.5. The third-order valence-corrected chi connectivity index (χ3v) is 7.78. The standard InChI is InChI=1S/C29H32FN7O3/c1-18-17-40-29-23(30)12-34-26-27(29)37(18)15-20(28(26)38)14-36(13-19-7-8-32-25(10-19)39-2)22-4-3-9-35(16-22)21-5-6-24(31)33-11-21/h5-8,10-12,15,18,22H,3-4,9,13-14,16-17H2,1-2H3,(H2,31,33)/t18?,22-/m0/s1. The number of methoxy groups -OCH3 is 1. The third-order valence-electron chi connectivity index (χ3n) is 7.78. The van der Waals surface area contributed by atoms with Crippen LogP contribution in [0.25, 0.3) is 11.0 Å². The summed E-state index contributed by atoms with van der Waals surface area (Å²) in [6, 6.07) is 7.78. The van der Waals surface area contributed by atoms with Crippen molar-refractivity contribution in [3.63, 3.8) is 0 Å². The van der Waals surface area contributed by atoms with Gasteiger partial charge in [-0.1, -0.05) is 0 Å². The van der Waals surface area contributed by atoms with Crippen LogP contribution in [0.3, 0.4) is 0 Å². The molecular weight excluding hydrogens is 513 g/mol. The van der Waals surface area contributed by atoms with Crippen LogP contribution in [0.2, 0.25) is 0 Å². The van der Waals surface area contributed by atoms with Gasteiger partial charge in [-0.3, -0.25) is 9.69 Å². The van der Waals surface area contributed by atoms with Gasteiger partial charge in [0.1, 0.15) is 23.5 Å². The third kappa shape index (κ3) is 4.92. The van der Waals surface area contributed by atoms with Crippen molar-refractivity contribution in [1.82, 2.24) is 24.4 Å². The van der Waals surface area contributed by atoms with Gasteiger partial charge in [-0.25, -0.2) is 19.3 Å². The van der Waals surface area contributed by atoms with Crippen molar-refractivity contribution in [3.05, 3.63) is 76.2 Å². The number of pyridine rings is 4. The van der Waals surface area contributed by atoms with Gasteiger partial charge in [-0.05, 0) is 43.5 Å². The number of rotatable bonds is 7. The van der Waals surface area contributed by atoms with E-state index in [1.807, 2.05) is 48.1 Å². The summed E-state index contributed by atoms with van der Waals surface area (Å²) in [6.07, 6.45) is 8.43. The molecule has 6 heterocycles. The van der Waals surface area contributed by atoms with Crippen LogP contribution in [0.1, 0.15) is 36.9 Å². The number of nitrogen functional groups attached to an aromatic ring is 1. The number of halogens is 1. The van der Waals surface area contributed by atoms with E-state index in [0.717, 1.165) is 43.4 Å². The first-order valence-electron chi connectivity index (χ1n) is 13.5. The fourth-order valence-corrected chi connectivity index (χ4v) is 5.69. The molecule has 2 atom stereocenters. The monoisotopic (exact) mass is 545 g/mol. The van der Waals surface area contributed by atoms with E-state index >= 15 is 0 Å². The minimum absolute atomic E-state index is 0.0703. The molecule has 2 aliphatic rings. The van der Waals surface area contributed by atoms with Gasteiger partial charge < -0.3 is 24.7 Å². The van der Waals surface area contributed by atoms with E-state index in [-0.39, 0.29) is 28.8 Å². The van der Waals surface area contributed by atoms with E-state index in [4.69, 9.17) is 15.2 Å². The lowest BCUT2D eigenvalue weighted by atomic mass is 10.0. The normalized spacial score (nSPS) is 18.6. The number of anilines is 2. The first kappa shape index (κ1) is 26.0. The Hall–Kier alpha value is -4.25. The van der Waals surface area contributed by atoms with Gasteiger partial charge in [0.25, 0.3) is 0 Å². The Bertz CT molecular complexity index is 1590. The number of aromatic nitrogens is 4. The van der Waals surface area contributed by atoms with Crippen LogP contribution in [0.15, 0.2) is 53.8 Å². The molecule has 2 aliphatic heterocycles. The molecule has 0 saturated carbocycles. The molecule has 0 amide bonds. The van der Waals surface area contributed by atoms with Gasteiger partial charge in [-0.15, -0.1) is 0 Å². The first-order chi connectivity index (χ1) is 19.4. The van der Waals surface area contributed by atoms with Gasteiger partial charge in [0.2, 0.25) is 11.3 Å². The predicted octanol–water partition coefficient (Wildman–Crippen LogP) is 3.54. The fourth-order valence-electron chi connectivity index (χ4n) is 5.69. The van der Waals surface area contributed by atoms with Crippen LogP contribution < -0.4 is 25.5 Å². The molecule has 4 aromatic rings. The molecule has 0 spiro atoms. The van der Waals surface area contributed by atoms with Gasteiger partial charge in [0, 0.05) is 56.2 Å². The van der Waals surface area contributed by atoms with Crippen LogP contribution in [-0.2, 0) is 13.1 Å². The zero-order chi connectivity index (χ0) is 27.8. The lowest BCUT2D eigenvalue weighted by molar-refractivity contribution is 0.157. The Labute approximate surface area is 231 Å². The Morgan fingerprint density at radius 3 is 2.88 bits per heavy atom. The molecule has 11 heteroatoms. The summed E-state index contributed by atoms with van der Waals surface area (Å²) in [5, 5.41) is 0. The van der Waals surface area contributed by atoms with E-state index in [0.29, 0.717) is 42.5 Å². The van der Waals surface area contributed by atoms with Gasteiger partial charge in [-0.2, -0.15) is 0 Å². The minimum Gasteiger partial charge on any atom is -0.486 e. The second kappa shape index (κ2) is 10.7. The SMILES string of the molecule is COc1cc(CN(Cc2cn3c4c(c(F)cnc4c2=O)OCC3C)[C@H]2CCCN(c3ccc(N)nc3)C2)ccn1. The molecular formula is C29H32FN7O3. The van der Waals surface area contributed by atoms with Crippen LogP contribution in [0.5, 0.6) is 11.6 Å². The molecule has 0 radical (unpaired) electrons. The van der Waals surface area contributed by atoms with Gasteiger partial charge in [0.15, 0.2) is 11.6 Å². The van der Waals surface area contributed by atoms with Crippen LogP contribution >= 0.6 is 0 Å². The highest BCUT2D eigenvalue weighted by molar-refractivity contribution is 5.82. The maximum Gasteiger partial charge on any atom is 0.213 e. The molecule has 1 fully saturated rings. The average Bonchev–Trinajstić information content (AvgIpc) is 2.97. The van der Waals surface area contributed by atoms with Crippen molar-refractivity contribution in [3.8, 4) is 11.6 Å². The number of nitrogens with two attached hydrogens (primary N) is 1. The highest BCUT2D eigenvalue weighted by Gasteiger charge is 2.29. The summed E-state index contributed by atoms with van der Waals surface area (Å²) in [5.74, 6) is 0.557. The van der Waals surface area contributed by atoms with Crippen molar-refractivity contribution in [2.75, 3.05) is 37.4 Å². The van der Waals surface area contributed by atoms with E-state index in [1.165, 1.54) is 0 Å². The van der Waals surface area contributed by atoms with Crippen molar-refractivity contribution < 1.29 is 13.9 Å². The van der Waals surface area contributed by atoms with Crippen molar-refractivity contribution in [1.29, 1.82) is 0 Å². The van der Waals surface area contributed by atoms with Crippen LogP contribution in [-0.4, -0.2) is 57.3 Å². The number of ether oxygens (including phenoxy) is 2. The van der Waals surface area contributed by atoms with E-state index < -0.39 is 5.82 Å². The molecule has 40 heavy (non-hydrogen) atoms. The molecule has 4 aromatic heterocycles. The van der Waals surface area contributed by atoms with Gasteiger partial charge >= 0.3 is 0 Å². The summed E-state index contributed by atoms with van der Waals surface area (Å²) in [6.45, 7) is 4.99. The molecule has 208 valence electrons. The Morgan fingerprint density at radius 2 is 2.08 bits per heavy atom. The summed E-state index contributed by atoms with van der Waals surface area (Å²) in [4.78, 5) is 31.1. The van der Waals surface area contributed by atoms with E-state index in [9.17, 15) is 9.18 Å². The Kier molecular flexibility index (Phi) is 6.97. The van der Waals surface area contributed by atoms with Crippen molar-refractivity contribution in [2.24, 2.45) is 0 Å². The topological polar surface area (TPSA) is 112 Å². The molecule has 10 nitrogen and oxygen atoms in total. The molecule has 0 aromatic carbocycles. The number of hydrogen-bond acceptors (Lipinski definition) is 9. The van der Waals surface area contributed by atoms with E-state index in [2.05, 4.69) is 24.8 Å². The Morgan fingerprint density at radius 1 is 1.20 bits per heavy atom. The predicted molar refractivity (Wildman–Crippen MR) is 150 cm³/mol. The largest absolute Gasteiger partial charge is 0.486 e. The zero-order valence-corrected chi connectivity index (χ0v) is 22.6. The van der Waals surface area contributed by atoms with Crippen molar-refractivity contribution in [2.45, 2.75) is 44.9 Å². The van der Waals surface area contributed by atoms with E-state index in [1.54, 1.807) is 13.3 Å². The van der Waals surface area contributed by atoms with Gasteiger partial charge in [0.05, 0.1) is 31.2 Å². The molecule has 0 aliphatic carbocycles. The number of piperidine rings is 1. The van der Waals surface area contributed by atoms with Crippen LogP contribution in [0, 0.1) is 5.82 Å². The van der Waals surface area contributed by atoms with Crippen molar-refractivity contribution >= 4 is 22.5 Å². The minimum atomic E-state index is -0.562. The molecule has 6 rings (SSSR count). The summed E-state index contributed by atoms with van der Waals surface area (Å²) >= 11 is 0. The first-order valence-corrected chi connectivity index (χ1v) is 13.5. The molecule has 1 unspecified atom stereocenters. The zero-order valence-electron chi connectivity index (χ0n) is 22.6. The smallest absolute Gasteiger partial charge is 0.213 e. The highest BCUT2D eigenvalue weighted by Crippen LogP contribution is 2.33. The molecule has 1 saturated heterocycles. The lowest BCUT2D eigenvalue weighted by Crippen LogP contribution is -2.48. The number of hydrogen-bond donors (Lipinski definition) is 1. The lowest BCUT2D eigenvalue weighted by Gasteiger charge is -2.40. The molecule has 0 bridgehead atoms. The Balaban J connectivity index is 1.38. The average molecular weight is 546 g/mol. The maximum atomic E-state index is 14.5.